The molecule has 0 saturated carbocycles. The minimum Gasteiger partial charge on any atom is -0.322 e. The number of carbonyl (C=O) groups excluding carboxylic acids is 1. The monoisotopic (exact) mass is 491 g/mol. The second kappa shape index (κ2) is 8.82. The number of amides is 1. The van der Waals surface area contributed by atoms with Crippen molar-refractivity contribution in [1.82, 2.24) is 9.88 Å². The Hall–Kier alpha value is -1.96. The topological polar surface area (TPSA) is 45.2 Å². The van der Waals surface area contributed by atoms with Gasteiger partial charge in [-0.2, -0.15) is 0 Å². The van der Waals surface area contributed by atoms with Gasteiger partial charge < -0.3 is 10.2 Å². The SMILES string of the molecule is CN(C)Cc1ccc(C(=O)Nc2ccc(Cl)c(-c3ccccn3)c2)c(I)c1. The first-order valence-electron chi connectivity index (χ1n) is 8.39. The van der Waals surface area contributed by atoms with Gasteiger partial charge >= 0.3 is 0 Å². The summed E-state index contributed by atoms with van der Waals surface area (Å²) in [6, 6.07) is 16.9. The number of benzene rings is 2. The largest absolute Gasteiger partial charge is 0.322 e. The molecule has 4 nitrogen and oxygen atoms in total. The van der Waals surface area contributed by atoms with Crippen LogP contribution in [-0.2, 0) is 6.54 Å². The third kappa shape index (κ3) is 5.06. The number of pyridine rings is 1. The van der Waals surface area contributed by atoms with Gasteiger partial charge in [-0.15, -0.1) is 0 Å². The fourth-order valence-electron chi connectivity index (χ4n) is 2.73. The van der Waals surface area contributed by atoms with Gasteiger partial charge in [-0.1, -0.05) is 23.7 Å². The third-order valence-corrected chi connectivity index (χ3v) is 5.16. The minimum atomic E-state index is -0.148. The molecule has 0 radical (unpaired) electrons. The van der Waals surface area contributed by atoms with Crippen LogP contribution in [0.25, 0.3) is 11.3 Å². The van der Waals surface area contributed by atoms with E-state index in [1.165, 1.54) is 5.56 Å². The van der Waals surface area contributed by atoms with Gasteiger partial charge in [0.1, 0.15) is 0 Å². The van der Waals surface area contributed by atoms with Crippen molar-refractivity contribution in [2.24, 2.45) is 0 Å². The van der Waals surface area contributed by atoms with Crippen LogP contribution in [0.4, 0.5) is 5.69 Å². The van der Waals surface area contributed by atoms with Crippen LogP contribution >= 0.6 is 34.2 Å². The molecule has 2 aromatic carbocycles. The van der Waals surface area contributed by atoms with E-state index in [-0.39, 0.29) is 5.91 Å². The summed E-state index contributed by atoms with van der Waals surface area (Å²) < 4.78 is 0.920. The Labute approximate surface area is 177 Å². The van der Waals surface area contributed by atoms with Gasteiger partial charge in [-0.3, -0.25) is 9.78 Å². The number of halogens is 2. The Morgan fingerprint density at radius 2 is 1.96 bits per heavy atom. The molecule has 3 aromatic rings. The van der Waals surface area contributed by atoms with Crippen molar-refractivity contribution < 1.29 is 4.79 Å². The number of rotatable bonds is 5. The van der Waals surface area contributed by atoms with Gasteiger partial charge in [0.05, 0.1) is 16.3 Å². The highest BCUT2D eigenvalue weighted by molar-refractivity contribution is 14.1. The molecule has 138 valence electrons. The minimum absolute atomic E-state index is 0.148. The van der Waals surface area contributed by atoms with E-state index in [1.54, 1.807) is 18.3 Å². The van der Waals surface area contributed by atoms with Crippen LogP contribution in [0.3, 0.4) is 0 Å². The summed E-state index contributed by atoms with van der Waals surface area (Å²) in [5.74, 6) is -0.148. The summed E-state index contributed by atoms with van der Waals surface area (Å²) >= 11 is 8.51. The van der Waals surface area contributed by atoms with Crippen LogP contribution in [0.15, 0.2) is 60.8 Å². The molecule has 0 bridgehead atoms. The molecule has 0 spiro atoms. The summed E-state index contributed by atoms with van der Waals surface area (Å²) in [4.78, 5) is 19.2. The van der Waals surface area contributed by atoms with E-state index >= 15 is 0 Å². The average molecular weight is 492 g/mol. The molecule has 1 aromatic heterocycles. The molecule has 1 heterocycles. The second-order valence-corrected chi connectivity index (χ2v) is 7.99. The standard InChI is InChI=1S/C21H19ClIN3O/c1-26(2)13-14-6-8-16(19(23)11-14)21(27)25-15-7-9-18(22)17(12-15)20-5-3-4-10-24-20/h3-12H,13H2,1-2H3,(H,25,27). The lowest BCUT2D eigenvalue weighted by Crippen LogP contribution is -2.15. The van der Waals surface area contributed by atoms with E-state index in [1.807, 2.05) is 56.6 Å². The Morgan fingerprint density at radius 1 is 1.15 bits per heavy atom. The maximum absolute atomic E-state index is 12.7. The van der Waals surface area contributed by atoms with Crippen LogP contribution in [0.2, 0.25) is 5.02 Å². The van der Waals surface area contributed by atoms with Crippen molar-refractivity contribution >= 4 is 45.8 Å². The molecule has 0 aliphatic heterocycles. The first-order valence-corrected chi connectivity index (χ1v) is 9.85. The lowest BCUT2D eigenvalue weighted by atomic mass is 10.1. The van der Waals surface area contributed by atoms with E-state index in [9.17, 15) is 4.79 Å². The number of hydrogen-bond acceptors (Lipinski definition) is 3. The maximum Gasteiger partial charge on any atom is 0.256 e. The van der Waals surface area contributed by atoms with Crippen molar-refractivity contribution in [3.63, 3.8) is 0 Å². The highest BCUT2D eigenvalue weighted by Gasteiger charge is 2.13. The number of anilines is 1. The second-order valence-electron chi connectivity index (χ2n) is 6.42. The van der Waals surface area contributed by atoms with Crippen molar-refractivity contribution in [2.75, 3.05) is 19.4 Å². The van der Waals surface area contributed by atoms with Crippen molar-refractivity contribution in [3.05, 3.63) is 80.5 Å². The summed E-state index contributed by atoms with van der Waals surface area (Å²) in [5.41, 5.74) is 4.04. The fraction of sp³-hybridized carbons (Fsp3) is 0.143. The van der Waals surface area contributed by atoms with Gasteiger partial charge in [-0.05, 0) is 84.7 Å². The zero-order valence-electron chi connectivity index (χ0n) is 15.0. The van der Waals surface area contributed by atoms with Gasteiger partial charge in [0, 0.05) is 27.6 Å². The highest BCUT2D eigenvalue weighted by Crippen LogP contribution is 2.29. The van der Waals surface area contributed by atoms with Crippen LogP contribution in [0, 0.1) is 3.57 Å². The van der Waals surface area contributed by atoms with E-state index in [0.717, 1.165) is 21.4 Å². The molecule has 0 fully saturated rings. The normalized spacial score (nSPS) is 10.9. The lowest BCUT2D eigenvalue weighted by Gasteiger charge is -2.13. The Kier molecular flexibility index (Phi) is 6.46. The lowest BCUT2D eigenvalue weighted by molar-refractivity contribution is 0.102. The molecule has 27 heavy (non-hydrogen) atoms. The predicted molar refractivity (Wildman–Crippen MR) is 119 cm³/mol. The van der Waals surface area contributed by atoms with Gasteiger partial charge in [0.25, 0.3) is 5.91 Å². The predicted octanol–water partition coefficient (Wildman–Crippen LogP) is 5.32. The molecule has 0 aliphatic carbocycles. The fourth-order valence-corrected chi connectivity index (χ4v) is 3.77. The van der Waals surface area contributed by atoms with Crippen molar-refractivity contribution in [2.45, 2.75) is 6.54 Å². The van der Waals surface area contributed by atoms with Gasteiger partial charge in [0.2, 0.25) is 0 Å². The molecular formula is C21H19ClIN3O. The average Bonchev–Trinajstić information content (AvgIpc) is 2.63. The van der Waals surface area contributed by atoms with E-state index < -0.39 is 0 Å². The molecule has 3 rings (SSSR count). The summed E-state index contributed by atoms with van der Waals surface area (Å²) in [7, 11) is 4.04. The first-order chi connectivity index (χ1) is 12.9. The number of hydrogen-bond donors (Lipinski definition) is 1. The number of nitrogens with zero attached hydrogens (tertiary/aromatic N) is 2. The Morgan fingerprint density at radius 3 is 2.63 bits per heavy atom. The smallest absolute Gasteiger partial charge is 0.256 e. The molecular weight excluding hydrogens is 473 g/mol. The molecule has 0 aliphatic rings. The third-order valence-electron chi connectivity index (χ3n) is 3.94. The van der Waals surface area contributed by atoms with Gasteiger partial charge in [-0.25, -0.2) is 0 Å². The molecule has 0 saturated heterocycles. The van der Waals surface area contributed by atoms with Gasteiger partial charge in [0.15, 0.2) is 0 Å². The number of aromatic nitrogens is 1. The summed E-state index contributed by atoms with van der Waals surface area (Å²) in [6.07, 6.45) is 1.72. The number of carbonyl (C=O) groups is 1. The molecule has 0 unspecified atom stereocenters. The maximum atomic E-state index is 12.7. The Bertz CT molecular complexity index is 961. The van der Waals surface area contributed by atoms with Crippen LogP contribution in [0.1, 0.15) is 15.9 Å². The van der Waals surface area contributed by atoms with E-state index in [2.05, 4.69) is 37.8 Å². The Balaban J connectivity index is 1.82. The van der Waals surface area contributed by atoms with E-state index in [4.69, 9.17) is 11.6 Å². The molecule has 1 amide bonds. The quantitative estimate of drug-likeness (QED) is 0.491. The molecule has 0 atom stereocenters. The van der Waals surface area contributed by atoms with Crippen molar-refractivity contribution in [1.29, 1.82) is 0 Å². The zero-order valence-corrected chi connectivity index (χ0v) is 18.0. The first kappa shape index (κ1) is 19.8. The number of nitrogens with one attached hydrogen (secondary N) is 1. The van der Waals surface area contributed by atoms with Crippen LogP contribution in [0.5, 0.6) is 0 Å². The van der Waals surface area contributed by atoms with Crippen LogP contribution in [-0.4, -0.2) is 29.9 Å². The summed E-state index contributed by atoms with van der Waals surface area (Å²) in [6.45, 7) is 0.836. The van der Waals surface area contributed by atoms with Crippen LogP contribution < -0.4 is 5.32 Å². The highest BCUT2D eigenvalue weighted by atomic mass is 127. The molecule has 6 heteroatoms. The van der Waals surface area contributed by atoms with Crippen molar-refractivity contribution in [3.8, 4) is 11.3 Å². The summed E-state index contributed by atoms with van der Waals surface area (Å²) in [5, 5.41) is 3.55. The van der Waals surface area contributed by atoms with E-state index in [0.29, 0.717) is 16.3 Å². The zero-order chi connectivity index (χ0) is 19.4. The molecule has 1 N–H and O–H groups in total.